The first-order chi connectivity index (χ1) is 10.0. The minimum absolute atomic E-state index is 0.0710. The lowest BCUT2D eigenvalue weighted by molar-refractivity contribution is 0.0967. The normalized spacial score (nSPS) is 19.0. The van der Waals surface area contributed by atoms with Gasteiger partial charge in [-0.1, -0.05) is 31.9 Å². The lowest BCUT2D eigenvalue weighted by atomic mass is 10.1. The highest BCUT2D eigenvalue weighted by molar-refractivity contribution is 7.89. The molecule has 5 nitrogen and oxygen atoms in total. The highest BCUT2D eigenvalue weighted by Gasteiger charge is 2.32. The van der Waals surface area contributed by atoms with Crippen LogP contribution in [0.15, 0.2) is 28.5 Å². The van der Waals surface area contributed by atoms with E-state index in [0.717, 1.165) is 30.6 Å². The molecule has 0 saturated heterocycles. The van der Waals surface area contributed by atoms with Gasteiger partial charge in [0.2, 0.25) is 10.0 Å². The molecule has 0 aliphatic carbocycles. The molecular formula is C14H20N2O3S2. The Morgan fingerprint density at radius 3 is 2.95 bits per heavy atom. The first kappa shape index (κ1) is 16.2. The van der Waals surface area contributed by atoms with Gasteiger partial charge in [0.1, 0.15) is 0 Å². The summed E-state index contributed by atoms with van der Waals surface area (Å²) in [5.41, 5.74) is 0. The molecule has 1 aliphatic heterocycles. The Labute approximate surface area is 129 Å². The largest absolute Gasteiger partial charge is 0.354 e. The average Bonchev–Trinajstić information content (AvgIpc) is 3.13. The molecule has 0 radical (unpaired) electrons. The van der Waals surface area contributed by atoms with E-state index in [4.69, 9.17) is 0 Å². The van der Waals surface area contributed by atoms with Crippen LogP contribution < -0.4 is 5.32 Å². The number of nitrogens with one attached hydrogen (secondary N) is 1. The zero-order valence-electron chi connectivity index (χ0n) is 12.2. The fraction of sp³-hybridized carbons (Fsp3) is 0.500. The molecule has 2 heterocycles. The Balaban J connectivity index is 2.21. The van der Waals surface area contributed by atoms with Crippen molar-refractivity contribution in [3.63, 3.8) is 0 Å². The predicted octanol–water partition coefficient (Wildman–Crippen LogP) is 2.23. The molecule has 0 saturated carbocycles. The molecule has 7 heteroatoms. The number of rotatable bonds is 6. The van der Waals surface area contributed by atoms with Gasteiger partial charge in [0.15, 0.2) is 0 Å². The van der Waals surface area contributed by atoms with Crippen molar-refractivity contribution in [2.75, 3.05) is 13.6 Å². The van der Waals surface area contributed by atoms with E-state index < -0.39 is 10.0 Å². The molecule has 1 amide bonds. The van der Waals surface area contributed by atoms with Crippen molar-refractivity contribution >= 4 is 27.3 Å². The Hall–Kier alpha value is -1.18. The fourth-order valence-electron chi connectivity index (χ4n) is 2.31. The molecule has 116 valence electrons. The van der Waals surface area contributed by atoms with Gasteiger partial charge in [-0.3, -0.25) is 4.79 Å². The SMILES string of the molecule is CCCCC1C=CCN1S(=O)(=O)c1csc(C(=O)NC)c1. The minimum atomic E-state index is -3.54. The van der Waals surface area contributed by atoms with Crippen molar-refractivity contribution in [3.05, 3.63) is 28.5 Å². The van der Waals surface area contributed by atoms with Gasteiger partial charge in [-0.15, -0.1) is 11.3 Å². The van der Waals surface area contributed by atoms with Gasteiger partial charge < -0.3 is 5.32 Å². The predicted molar refractivity (Wildman–Crippen MR) is 84.1 cm³/mol. The number of amides is 1. The zero-order valence-corrected chi connectivity index (χ0v) is 13.8. The van der Waals surface area contributed by atoms with Crippen molar-refractivity contribution in [2.24, 2.45) is 0 Å². The van der Waals surface area contributed by atoms with Gasteiger partial charge in [0, 0.05) is 25.0 Å². The summed E-state index contributed by atoms with van der Waals surface area (Å²) in [4.78, 5) is 12.2. The molecule has 1 N–H and O–H groups in total. The average molecular weight is 328 g/mol. The van der Waals surface area contributed by atoms with Crippen molar-refractivity contribution in [1.82, 2.24) is 9.62 Å². The number of unbranched alkanes of at least 4 members (excludes halogenated alkanes) is 1. The lowest BCUT2D eigenvalue weighted by Gasteiger charge is -2.23. The molecule has 0 aromatic carbocycles. The second kappa shape index (κ2) is 6.72. The van der Waals surface area contributed by atoms with E-state index in [0.29, 0.717) is 11.4 Å². The number of thiophene rings is 1. The number of carbonyl (C=O) groups excluding carboxylic acids is 1. The Bertz CT molecular complexity index is 634. The molecule has 1 unspecified atom stereocenters. The van der Waals surface area contributed by atoms with Crippen LogP contribution in [-0.2, 0) is 10.0 Å². The number of carbonyl (C=O) groups is 1. The van der Waals surface area contributed by atoms with Crippen LogP contribution in [0.4, 0.5) is 0 Å². The minimum Gasteiger partial charge on any atom is -0.354 e. The Kier molecular flexibility index (Phi) is 5.18. The van der Waals surface area contributed by atoms with Crippen LogP contribution in [0.3, 0.4) is 0 Å². The van der Waals surface area contributed by atoms with Crippen LogP contribution in [-0.4, -0.2) is 38.3 Å². The monoisotopic (exact) mass is 328 g/mol. The summed E-state index contributed by atoms with van der Waals surface area (Å²) in [6.07, 6.45) is 6.72. The molecule has 1 aromatic rings. The summed E-state index contributed by atoms with van der Waals surface area (Å²) >= 11 is 1.15. The molecule has 0 bridgehead atoms. The van der Waals surface area contributed by atoms with Crippen LogP contribution in [0.1, 0.15) is 35.9 Å². The maximum atomic E-state index is 12.7. The van der Waals surface area contributed by atoms with Crippen molar-refractivity contribution in [3.8, 4) is 0 Å². The standard InChI is InChI=1S/C14H20N2O3S2/c1-3-4-6-11-7-5-8-16(11)21(18,19)12-9-13(20-10-12)14(17)15-2/h5,7,9-11H,3-4,6,8H2,1-2H3,(H,15,17). The van der Waals surface area contributed by atoms with Crippen LogP contribution in [0.25, 0.3) is 0 Å². The molecule has 1 atom stereocenters. The molecule has 2 rings (SSSR count). The molecule has 1 aromatic heterocycles. The van der Waals surface area contributed by atoms with E-state index >= 15 is 0 Å². The summed E-state index contributed by atoms with van der Waals surface area (Å²) in [5, 5.41) is 4.04. The second-order valence-corrected chi connectivity index (χ2v) is 7.74. The highest BCUT2D eigenvalue weighted by atomic mass is 32.2. The van der Waals surface area contributed by atoms with Crippen molar-refractivity contribution in [1.29, 1.82) is 0 Å². The Morgan fingerprint density at radius 2 is 2.29 bits per heavy atom. The molecule has 21 heavy (non-hydrogen) atoms. The molecule has 1 aliphatic rings. The molecule has 0 fully saturated rings. The van der Waals surface area contributed by atoms with Crippen molar-refractivity contribution < 1.29 is 13.2 Å². The topological polar surface area (TPSA) is 66.5 Å². The number of nitrogens with zero attached hydrogens (tertiary/aromatic N) is 1. The maximum absolute atomic E-state index is 12.7. The van der Waals surface area contributed by atoms with Crippen molar-refractivity contribution in [2.45, 2.75) is 37.1 Å². The third kappa shape index (κ3) is 3.36. The first-order valence-corrected chi connectivity index (χ1v) is 9.31. The lowest BCUT2D eigenvalue weighted by Crippen LogP contribution is -2.35. The van der Waals surface area contributed by atoms with Crippen LogP contribution in [0.5, 0.6) is 0 Å². The highest BCUT2D eigenvalue weighted by Crippen LogP contribution is 2.28. The number of hydrogen-bond donors (Lipinski definition) is 1. The summed E-state index contributed by atoms with van der Waals surface area (Å²) in [6.45, 7) is 2.49. The maximum Gasteiger partial charge on any atom is 0.261 e. The summed E-state index contributed by atoms with van der Waals surface area (Å²) in [7, 11) is -2.01. The van der Waals surface area contributed by atoms with Gasteiger partial charge in [0.05, 0.1) is 9.77 Å². The molecular weight excluding hydrogens is 308 g/mol. The van der Waals surface area contributed by atoms with Gasteiger partial charge in [-0.25, -0.2) is 8.42 Å². The van der Waals surface area contributed by atoms with Crippen LogP contribution in [0.2, 0.25) is 0 Å². The number of hydrogen-bond acceptors (Lipinski definition) is 4. The van der Waals surface area contributed by atoms with Gasteiger partial charge >= 0.3 is 0 Å². The third-order valence-electron chi connectivity index (χ3n) is 3.50. The fourth-order valence-corrected chi connectivity index (χ4v) is 5.09. The van der Waals surface area contributed by atoms with Crippen LogP contribution in [0, 0.1) is 0 Å². The molecule has 0 spiro atoms. The van der Waals surface area contributed by atoms with E-state index in [1.54, 1.807) is 0 Å². The zero-order chi connectivity index (χ0) is 15.5. The number of sulfonamides is 1. The van der Waals surface area contributed by atoms with E-state index in [-0.39, 0.29) is 16.8 Å². The van der Waals surface area contributed by atoms with E-state index in [1.165, 1.54) is 22.8 Å². The smallest absolute Gasteiger partial charge is 0.261 e. The summed E-state index contributed by atoms with van der Waals surface area (Å²) in [5.74, 6) is -0.261. The van der Waals surface area contributed by atoms with E-state index in [1.807, 2.05) is 12.2 Å². The van der Waals surface area contributed by atoms with Gasteiger partial charge in [-0.2, -0.15) is 4.31 Å². The quantitative estimate of drug-likeness (QED) is 0.814. The van der Waals surface area contributed by atoms with E-state index in [2.05, 4.69) is 12.2 Å². The van der Waals surface area contributed by atoms with Gasteiger partial charge in [-0.05, 0) is 12.5 Å². The van der Waals surface area contributed by atoms with Crippen LogP contribution >= 0.6 is 11.3 Å². The second-order valence-electron chi connectivity index (χ2n) is 4.94. The van der Waals surface area contributed by atoms with Gasteiger partial charge in [0.25, 0.3) is 5.91 Å². The third-order valence-corrected chi connectivity index (χ3v) is 6.45. The van der Waals surface area contributed by atoms with E-state index in [9.17, 15) is 13.2 Å². The Morgan fingerprint density at radius 1 is 1.52 bits per heavy atom. The first-order valence-electron chi connectivity index (χ1n) is 6.99. The summed E-state index contributed by atoms with van der Waals surface area (Å²) < 4.78 is 26.9. The summed E-state index contributed by atoms with van der Waals surface area (Å²) in [6, 6.07) is 1.38.